The highest BCUT2D eigenvalue weighted by atomic mass is 35.5. The van der Waals surface area contributed by atoms with E-state index in [0.717, 1.165) is 0 Å². The summed E-state index contributed by atoms with van der Waals surface area (Å²) in [5.74, 6) is 0.498. The summed E-state index contributed by atoms with van der Waals surface area (Å²) in [6.45, 7) is 1.47. The van der Waals surface area contributed by atoms with Crippen LogP contribution in [0.15, 0.2) is 42.5 Å². The fourth-order valence-corrected chi connectivity index (χ4v) is 2.63. The molecule has 0 aliphatic rings. The molecule has 29 heavy (non-hydrogen) atoms. The van der Waals surface area contributed by atoms with Crippen molar-refractivity contribution in [1.82, 2.24) is 0 Å². The minimum absolute atomic E-state index is 0.353. The maximum Gasteiger partial charge on any atom is 0.331 e. The Hall–Kier alpha value is -3.19. The summed E-state index contributed by atoms with van der Waals surface area (Å²) in [6.07, 6.45) is 1.75. The van der Waals surface area contributed by atoms with E-state index >= 15 is 0 Å². The lowest BCUT2D eigenvalue weighted by molar-refractivity contribution is -0.148. The minimum atomic E-state index is -1.01. The Bertz CT molecular complexity index is 912. The molecular weight excluding hydrogens is 398 g/mol. The van der Waals surface area contributed by atoms with Gasteiger partial charge in [0, 0.05) is 23.4 Å². The molecule has 0 heterocycles. The maximum absolute atomic E-state index is 12.2. The molecule has 0 fully saturated rings. The molecule has 0 spiro atoms. The van der Waals surface area contributed by atoms with Crippen molar-refractivity contribution in [3.8, 4) is 17.2 Å². The number of hydrogen-bond donors (Lipinski definition) is 1. The quantitative estimate of drug-likeness (QED) is 0.515. The van der Waals surface area contributed by atoms with Crippen LogP contribution in [0.25, 0.3) is 6.08 Å². The molecule has 0 radical (unpaired) electrons. The van der Waals surface area contributed by atoms with Gasteiger partial charge >= 0.3 is 5.97 Å². The number of benzene rings is 2. The molecule has 0 aliphatic heterocycles. The van der Waals surface area contributed by atoms with E-state index in [-0.39, 0.29) is 0 Å². The number of hydrogen-bond acceptors (Lipinski definition) is 6. The van der Waals surface area contributed by atoms with Crippen LogP contribution >= 0.6 is 11.6 Å². The predicted octanol–water partition coefficient (Wildman–Crippen LogP) is 3.95. The normalized spacial score (nSPS) is 11.6. The molecule has 0 aromatic heterocycles. The SMILES string of the molecule is COc1ccc(/C=C/C(=O)O[C@@H](C)C(=O)Nc2ccc(OC)c(Cl)c2)c(OC)c1. The van der Waals surface area contributed by atoms with Crippen LogP contribution < -0.4 is 19.5 Å². The zero-order chi connectivity index (χ0) is 21.4. The first-order valence-corrected chi connectivity index (χ1v) is 9.00. The number of amides is 1. The molecule has 0 saturated carbocycles. The summed E-state index contributed by atoms with van der Waals surface area (Å²) < 4.78 is 20.6. The monoisotopic (exact) mass is 419 g/mol. The Morgan fingerprint density at radius 1 is 1.00 bits per heavy atom. The lowest BCUT2D eigenvalue weighted by Crippen LogP contribution is -2.29. The second-order valence-corrected chi connectivity index (χ2v) is 6.27. The highest BCUT2D eigenvalue weighted by Gasteiger charge is 2.17. The van der Waals surface area contributed by atoms with Gasteiger partial charge in [-0.2, -0.15) is 0 Å². The fraction of sp³-hybridized carbons (Fsp3) is 0.238. The summed E-state index contributed by atoms with van der Waals surface area (Å²) >= 11 is 6.03. The number of esters is 1. The fourth-order valence-electron chi connectivity index (χ4n) is 2.37. The molecule has 2 aromatic carbocycles. The van der Waals surface area contributed by atoms with E-state index in [1.54, 1.807) is 43.5 Å². The highest BCUT2D eigenvalue weighted by Crippen LogP contribution is 2.27. The maximum atomic E-state index is 12.2. The van der Waals surface area contributed by atoms with E-state index in [4.69, 9.17) is 30.5 Å². The molecule has 1 N–H and O–H groups in total. The number of nitrogens with one attached hydrogen (secondary N) is 1. The van der Waals surface area contributed by atoms with Gasteiger partial charge in [0.05, 0.1) is 26.4 Å². The van der Waals surface area contributed by atoms with Crippen LogP contribution in [0.4, 0.5) is 5.69 Å². The van der Waals surface area contributed by atoms with Gasteiger partial charge in [-0.25, -0.2) is 4.79 Å². The number of anilines is 1. The van der Waals surface area contributed by atoms with Crippen molar-refractivity contribution < 1.29 is 28.5 Å². The van der Waals surface area contributed by atoms with Crippen molar-refractivity contribution in [1.29, 1.82) is 0 Å². The zero-order valence-electron chi connectivity index (χ0n) is 16.5. The number of carbonyl (C=O) groups excluding carboxylic acids is 2. The van der Waals surface area contributed by atoms with Gasteiger partial charge in [0.2, 0.25) is 0 Å². The number of methoxy groups -OCH3 is 3. The average Bonchev–Trinajstić information content (AvgIpc) is 2.72. The van der Waals surface area contributed by atoms with Gasteiger partial charge in [-0.3, -0.25) is 4.79 Å². The molecule has 0 unspecified atom stereocenters. The average molecular weight is 420 g/mol. The van der Waals surface area contributed by atoms with Crippen molar-refractivity contribution >= 4 is 35.2 Å². The highest BCUT2D eigenvalue weighted by molar-refractivity contribution is 6.32. The van der Waals surface area contributed by atoms with Crippen LogP contribution in [0, 0.1) is 0 Å². The molecule has 0 bridgehead atoms. The molecule has 8 heteroatoms. The second kappa shape index (κ2) is 10.4. The van der Waals surface area contributed by atoms with Gasteiger partial charge in [0.15, 0.2) is 6.10 Å². The summed E-state index contributed by atoms with van der Waals surface area (Å²) in [7, 11) is 4.56. The van der Waals surface area contributed by atoms with Crippen molar-refractivity contribution in [3.63, 3.8) is 0 Å². The van der Waals surface area contributed by atoms with Gasteiger partial charge < -0.3 is 24.3 Å². The van der Waals surface area contributed by atoms with Crippen molar-refractivity contribution in [2.45, 2.75) is 13.0 Å². The zero-order valence-corrected chi connectivity index (χ0v) is 17.3. The summed E-state index contributed by atoms with van der Waals surface area (Å²) in [5.41, 5.74) is 1.12. The first-order valence-electron chi connectivity index (χ1n) is 8.63. The largest absolute Gasteiger partial charge is 0.497 e. The Kier molecular flexibility index (Phi) is 7.91. The summed E-state index contributed by atoms with van der Waals surface area (Å²) in [4.78, 5) is 24.3. The van der Waals surface area contributed by atoms with Gasteiger partial charge in [-0.1, -0.05) is 11.6 Å². The van der Waals surface area contributed by atoms with Crippen LogP contribution in [0.3, 0.4) is 0 Å². The minimum Gasteiger partial charge on any atom is -0.497 e. The smallest absolute Gasteiger partial charge is 0.331 e. The molecule has 154 valence electrons. The first kappa shape index (κ1) is 22.1. The third-order valence-electron chi connectivity index (χ3n) is 3.92. The molecule has 2 aromatic rings. The Labute approximate surface area is 174 Å². The van der Waals surface area contributed by atoms with Crippen molar-refractivity contribution in [2.75, 3.05) is 26.6 Å². The van der Waals surface area contributed by atoms with Crippen molar-refractivity contribution in [3.05, 3.63) is 53.1 Å². The summed E-state index contributed by atoms with van der Waals surface area (Å²) in [6, 6.07) is 9.98. The van der Waals surface area contributed by atoms with Crippen LogP contribution in [0.2, 0.25) is 5.02 Å². The van der Waals surface area contributed by atoms with E-state index in [2.05, 4.69) is 5.32 Å². The van der Waals surface area contributed by atoms with Crippen LogP contribution in [0.5, 0.6) is 17.2 Å². The van der Waals surface area contributed by atoms with E-state index in [1.807, 2.05) is 0 Å². The van der Waals surface area contributed by atoms with Crippen LogP contribution in [0.1, 0.15) is 12.5 Å². The molecular formula is C21H22ClNO6. The molecule has 1 atom stereocenters. The summed E-state index contributed by atoms with van der Waals surface area (Å²) in [5, 5.41) is 2.98. The van der Waals surface area contributed by atoms with Gasteiger partial charge in [0.25, 0.3) is 5.91 Å². The number of carbonyl (C=O) groups is 2. The van der Waals surface area contributed by atoms with E-state index in [1.165, 1.54) is 33.3 Å². The lowest BCUT2D eigenvalue weighted by Gasteiger charge is -2.13. The van der Waals surface area contributed by atoms with Gasteiger partial charge in [-0.15, -0.1) is 0 Å². The molecule has 0 saturated heterocycles. The third kappa shape index (κ3) is 6.15. The van der Waals surface area contributed by atoms with Crippen LogP contribution in [-0.2, 0) is 14.3 Å². The molecule has 7 nitrogen and oxygen atoms in total. The first-order chi connectivity index (χ1) is 13.9. The predicted molar refractivity (Wildman–Crippen MR) is 111 cm³/mol. The van der Waals surface area contributed by atoms with Crippen LogP contribution in [-0.4, -0.2) is 39.3 Å². The molecule has 0 aliphatic carbocycles. The Balaban J connectivity index is 1.97. The molecule has 2 rings (SSSR count). The number of rotatable bonds is 8. The number of ether oxygens (including phenoxy) is 4. The molecule has 1 amide bonds. The second-order valence-electron chi connectivity index (χ2n) is 5.86. The van der Waals surface area contributed by atoms with E-state index in [0.29, 0.717) is 33.5 Å². The van der Waals surface area contributed by atoms with Crippen molar-refractivity contribution in [2.24, 2.45) is 0 Å². The van der Waals surface area contributed by atoms with E-state index < -0.39 is 18.0 Å². The Morgan fingerprint density at radius 2 is 1.72 bits per heavy atom. The lowest BCUT2D eigenvalue weighted by atomic mass is 10.1. The Morgan fingerprint density at radius 3 is 2.34 bits per heavy atom. The van der Waals surface area contributed by atoms with Gasteiger partial charge in [0.1, 0.15) is 17.2 Å². The number of halogens is 1. The third-order valence-corrected chi connectivity index (χ3v) is 4.22. The standard InChI is InChI=1S/C21H22ClNO6/c1-13(21(25)23-15-7-9-18(27-3)17(22)11-15)29-20(24)10-6-14-5-8-16(26-2)12-19(14)28-4/h5-13H,1-4H3,(H,23,25)/b10-6+/t13-/m0/s1. The van der Waals surface area contributed by atoms with E-state index in [9.17, 15) is 9.59 Å². The topological polar surface area (TPSA) is 83.1 Å². The van der Waals surface area contributed by atoms with Gasteiger partial charge in [-0.05, 0) is 43.3 Å².